The molecule has 5 heteroatoms. The Labute approximate surface area is 45.8 Å². The van der Waals surface area contributed by atoms with Crippen molar-refractivity contribution in [3.63, 3.8) is 0 Å². The van der Waals surface area contributed by atoms with E-state index in [0.717, 1.165) is 15.8 Å². The molecule has 1 N–H and O–H groups in total. The van der Waals surface area contributed by atoms with Gasteiger partial charge in [0.1, 0.15) is 0 Å². The summed E-state index contributed by atoms with van der Waals surface area (Å²) in [6.07, 6.45) is 0. The Kier molecular flexibility index (Phi) is 2.25. The van der Waals surface area contributed by atoms with Crippen LogP contribution in [0.15, 0.2) is 0 Å². The molecule has 0 rings (SSSR count). The molecule has 0 amide bonds. The maximum absolute atomic E-state index is 9.70. The third kappa shape index (κ3) is 35.7. The van der Waals surface area contributed by atoms with Crippen LogP contribution in [0.5, 0.6) is 0 Å². The summed E-state index contributed by atoms with van der Waals surface area (Å²) in [4.78, 5) is 8.01. The van der Waals surface area contributed by atoms with Crippen LogP contribution in [0.1, 0.15) is 0 Å². The summed E-state index contributed by atoms with van der Waals surface area (Å²) in [5, 5.41) is 0. The summed E-state index contributed by atoms with van der Waals surface area (Å²) in [7, 11) is 0. The monoisotopic (exact) mass is 147 g/mol. The Balaban J connectivity index is 3.47. The van der Waals surface area contributed by atoms with Crippen LogP contribution < -0.4 is 0 Å². The summed E-state index contributed by atoms with van der Waals surface area (Å²) < 4.78 is 6.90. The van der Waals surface area contributed by atoms with Crippen molar-refractivity contribution in [3.8, 4) is 0 Å². The summed E-state index contributed by atoms with van der Waals surface area (Å²) >= 11 is 3.54. The molecule has 0 heterocycles. The molecule has 0 aromatic heterocycles. The van der Waals surface area contributed by atoms with E-state index in [-0.39, 0.29) is 0 Å². The molecule has 0 aliphatic rings. The Morgan fingerprint density at radius 2 is 2.00 bits per heavy atom. The third-order valence-electron chi connectivity index (χ3n) is 0. The second-order valence-corrected chi connectivity index (χ2v) is 8.90. The Morgan fingerprint density at radius 1 is 2.00 bits per heavy atom. The minimum atomic E-state index is -2.80. The second kappa shape index (κ2) is 1.80. The van der Waals surface area contributed by atoms with Gasteiger partial charge in [0.15, 0.2) is 0 Å². The minimum absolute atomic E-state index is 1.04. The first-order valence-electron chi connectivity index (χ1n) is 0.868. The predicted octanol–water partition coefficient (Wildman–Crippen LogP) is -0.466. The second-order valence-electron chi connectivity index (χ2n) is 0.616. The van der Waals surface area contributed by atoms with E-state index in [0.29, 0.717) is 0 Å². The average Bonchev–Trinajstić information content (AvgIpc) is 0.722. The predicted molar refractivity (Wildman–Crippen MR) is 17.0 cm³/mol. The van der Waals surface area contributed by atoms with Crippen LogP contribution >= 0.6 is 4.71 Å². The van der Waals surface area contributed by atoms with Crippen LogP contribution in [0.25, 0.3) is 0 Å². The third-order valence-corrected chi connectivity index (χ3v) is 0. The first-order valence-corrected chi connectivity index (χ1v) is 6.08. The molecule has 0 saturated heterocycles. The molecule has 0 saturated carbocycles. The van der Waals surface area contributed by atoms with Gasteiger partial charge in [-0.2, -0.15) is 0 Å². The van der Waals surface area contributed by atoms with E-state index in [1.54, 1.807) is 0 Å². The van der Waals surface area contributed by atoms with Gasteiger partial charge >= 0.3 is 45.6 Å². The molecule has 1 radical (unpaired) electrons. The van der Waals surface area contributed by atoms with E-state index in [4.69, 9.17) is 4.89 Å². The van der Waals surface area contributed by atoms with Crippen LogP contribution in [-0.2, 0) is 20.1 Å². The summed E-state index contributed by atoms with van der Waals surface area (Å²) in [5.74, 6) is 0. The van der Waals surface area contributed by atoms with E-state index in [1.807, 2.05) is 0 Å². The summed E-state index contributed by atoms with van der Waals surface area (Å²) in [5.41, 5.74) is 0. The van der Waals surface area contributed by atoms with Gasteiger partial charge in [-0.3, -0.25) is 0 Å². The average molecular weight is 147 g/mol. The molecule has 0 aromatic carbocycles. The topological polar surface area (TPSA) is 37.3 Å². The van der Waals surface area contributed by atoms with Crippen LogP contribution in [-0.4, -0.2) is 20.7 Å². The molecule has 0 aliphatic carbocycles. The van der Waals surface area contributed by atoms with Gasteiger partial charge in [-0.15, -0.1) is 0 Å². The first kappa shape index (κ1) is 6.24. The van der Waals surface area contributed by atoms with Crippen LogP contribution in [0.4, 0.5) is 0 Å². The van der Waals surface area contributed by atoms with Gasteiger partial charge in [0.2, 0.25) is 0 Å². The van der Waals surface area contributed by atoms with Crippen molar-refractivity contribution in [3.05, 3.63) is 0 Å². The van der Waals surface area contributed by atoms with E-state index < -0.39 is 4.71 Å². The molecule has 0 aliphatic heterocycles. The van der Waals surface area contributed by atoms with Crippen molar-refractivity contribution >= 4 is 20.5 Å². The Morgan fingerprint density at radius 3 is 2.00 bits per heavy atom. The Hall–Kier alpha value is 1.24. The zero-order valence-corrected chi connectivity index (χ0v) is 5.88. The fraction of sp³-hybridized carbons (Fsp3) is 0. The standard InChI is InChI=1S/Al.Mn.HO2P.H/c;;1-3-2;/h;;(H,1,2);. The number of rotatable bonds is 0. The van der Waals surface area contributed by atoms with Gasteiger partial charge in [-0.05, 0) is 0 Å². The van der Waals surface area contributed by atoms with Crippen LogP contribution in [0.2, 0.25) is 0 Å². The maximum atomic E-state index is 9.70. The quantitative estimate of drug-likeness (QED) is 0.371. The van der Waals surface area contributed by atoms with Crippen molar-refractivity contribution in [1.29, 1.82) is 0 Å². The van der Waals surface area contributed by atoms with Crippen LogP contribution in [0.3, 0.4) is 0 Å². The molecule has 5 heavy (non-hydrogen) atoms. The van der Waals surface area contributed by atoms with E-state index in [2.05, 4.69) is 15.6 Å². The van der Waals surface area contributed by atoms with Gasteiger partial charge in [-0.1, -0.05) is 0 Å². The van der Waals surface area contributed by atoms with Crippen molar-refractivity contribution in [2.45, 2.75) is 0 Å². The SMILES string of the molecule is O=[P](O)([AlH])[Mn]. The normalized spacial score (nSPS) is 21.2. The molecule has 2 nitrogen and oxygen atoms in total. The van der Waals surface area contributed by atoms with Gasteiger partial charge in [-0.25, -0.2) is 0 Å². The molecular formula is H2AlMnO2P. The molecule has 0 aromatic rings. The Bertz CT molecular complexity index is 55.8. The van der Waals surface area contributed by atoms with Crippen molar-refractivity contribution in [1.82, 2.24) is 0 Å². The summed E-state index contributed by atoms with van der Waals surface area (Å²) in [6, 6.07) is 0. The molecular weight excluding hydrogens is 145 g/mol. The van der Waals surface area contributed by atoms with E-state index >= 15 is 0 Å². The number of hydrogen-bond acceptors (Lipinski definition) is 1. The first-order chi connectivity index (χ1) is 2.00. The zero-order valence-electron chi connectivity index (χ0n) is 2.39. The summed E-state index contributed by atoms with van der Waals surface area (Å²) in [6.45, 7) is 0. The molecule has 29 valence electrons. The zero-order chi connectivity index (χ0) is 4.50. The van der Waals surface area contributed by atoms with Gasteiger partial charge < -0.3 is 0 Å². The molecule has 0 fully saturated rings. The number of hydrogen-bond donors (Lipinski definition) is 1. The van der Waals surface area contributed by atoms with Crippen molar-refractivity contribution < 1.29 is 25.0 Å². The molecule has 0 spiro atoms. The van der Waals surface area contributed by atoms with Gasteiger partial charge in [0, 0.05) is 0 Å². The fourth-order valence-electron chi connectivity index (χ4n) is 0. The molecule has 0 bridgehead atoms. The molecule has 1 atom stereocenters. The van der Waals surface area contributed by atoms with Gasteiger partial charge in [0.05, 0.1) is 0 Å². The van der Waals surface area contributed by atoms with E-state index in [9.17, 15) is 4.57 Å². The van der Waals surface area contributed by atoms with Crippen LogP contribution in [0, 0.1) is 0 Å². The van der Waals surface area contributed by atoms with Crippen molar-refractivity contribution in [2.24, 2.45) is 0 Å². The van der Waals surface area contributed by atoms with E-state index in [1.165, 1.54) is 0 Å². The van der Waals surface area contributed by atoms with Gasteiger partial charge in [0.25, 0.3) is 0 Å². The van der Waals surface area contributed by atoms with Crippen molar-refractivity contribution in [2.75, 3.05) is 0 Å². The molecule has 1 unspecified atom stereocenters. The fourth-order valence-corrected chi connectivity index (χ4v) is 0.